The minimum absolute atomic E-state index is 0.0507. The zero-order valence-electron chi connectivity index (χ0n) is 15.3. The Balaban J connectivity index is 1.56. The number of carbonyl (C=O) groups is 1. The minimum atomic E-state index is -0.394. The van der Waals surface area contributed by atoms with Crippen LogP contribution in [0.5, 0.6) is 0 Å². The van der Waals surface area contributed by atoms with Gasteiger partial charge in [-0.3, -0.25) is 9.78 Å². The van der Waals surface area contributed by atoms with Gasteiger partial charge in [-0.15, -0.1) is 0 Å². The van der Waals surface area contributed by atoms with Gasteiger partial charge < -0.3 is 10.2 Å². The summed E-state index contributed by atoms with van der Waals surface area (Å²) in [5, 5.41) is 4.30. The zero-order valence-corrected chi connectivity index (χ0v) is 15.3. The van der Waals surface area contributed by atoms with E-state index >= 15 is 0 Å². The summed E-state index contributed by atoms with van der Waals surface area (Å²) in [6.07, 6.45) is 3.19. The quantitative estimate of drug-likeness (QED) is 0.762. The first-order valence-electron chi connectivity index (χ1n) is 9.24. The van der Waals surface area contributed by atoms with E-state index < -0.39 is 5.82 Å². The van der Waals surface area contributed by atoms with Gasteiger partial charge in [0.25, 0.3) is 0 Å². The Morgan fingerprint density at radius 3 is 2.81 bits per heavy atom. The zero-order chi connectivity index (χ0) is 18.8. The SMILES string of the molecule is CN(C(=O)C[C@@H]1CCNC1)c1ccc(-c2ccc3cccnc3c2)cc1F. The molecule has 2 heterocycles. The Kier molecular flexibility index (Phi) is 4.86. The molecule has 0 spiro atoms. The molecule has 138 valence electrons. The van der Waals surface area contributed by atoms with Crippen LogP contribution in [0.1, 0.15) is 12.8 Å². The number of aromatic nitrogens is 1. The van der Waals surface area contributed by atoms with Crippen LogP contribution in [0.3, 0.4) is 0 Å². The molecule has 1 atom stereocenters. The lowest BCUT2D eigenvalue weighted by Gasteiger charge is -2.20. The number of carbonyl (C=O) groups excluding carboxylic acids is 1. The average Bonchev–Trinajstić information content (AvgIpc) is 3.20. The molecular formula is C22H22FN3O. The molecule has 0 saturated carbocycles. The molecule has 2 aromatic carbocycles. The monoisotopic (exact) mass is 363 g/mol. The third-order valence-electron chi connectivity index (χ3n) is 5.25. The molecule has 0 unspecified atom stereocenters. The lowest BCUT2D eigenvalue weighted by molar-refractivity contribution is -0.119. The molecule has 1 N–H and O–H groups in total. The number of amides is 1. The maximum atomic E-state index is 14.8. The average molecular weight is 363 g/mol. The van der Waals surface area contributed by atoms with Gasteiger partial charge >= 0.3 is 0 Å². The van der Waals surface area contributed by atoms with Crippen LogP contribution in [0, 0.1) is 11.7 Å². The molecule has 1 aliphatic heterocycles. The molecular weight excluding hydrogens is 341 g/mol. The first-order chi connectivity index (χ1) is 13.1. The molecule has 27 heavy (non-hydrogen) atoms. The molecule has 4 nitrogen and oxygen atoms in total. The van der Waals surface area contributed by atoms with Crippen LogP contribution in [-0.2, 0) is 4.79 Å². The van der Waals surface area contributed by atoms with Crippen molar-refractivity contribution in [3.05, 3.63) is 60.5 Å². The maximum Gasteiger partial charge on any atom is 0.227 e. The summed E-state index contributed by atoms with van der Waals surface area (Å²) in [4.78, 5) is 18.3. The predicted molar refractivity (Wildman–Crippen MR) is 106 cm³/mol. The summed E-state index contributed by atoms with van der Waals surface area (Å²) >= 11 is 0. The van der Waals surface area contributed by atoms with Crippen molar-refractivity contribution in [3.63, 3.8) is 0 Å². The molecule has 1 aliphatic rings. The highest BCUT2D eigenvalue weighted by atomic mass is 19.1. The van der Waals surface area contributed by atoms with Gasteiger partial charge in [-0.1, -0.05) is 24.3 Å². The fraction of sp³-hybridized carbons (Fsp3) is 0.273. The van der Waals surface area contributed by atoms with E-state index in [1.54, 1.807) is 19.3 Å². The van der Waals surface area contributed by atoms with Crippen LogP contribution in [0.25, 0.3) is 22.0 Å². The summed E-state index contributed by atoms with van der Waals surface area (Å²) in [5.74, 6) is -0.105. The second-order valence-corrected chi connectivity index (χ2v) is 7.09. The van der Waals surface area contributed by atoms with Crippen molar-refractivity contribution in [2.24, 2.45) is 5.92 Å². The molecule has 0 bridgehead atoms. The fourth-order valence-electron chi connectivity index (χ4n) is 3.61. The van der Waals surface area contributed by atoms with E-state index in [0.29, 0.717) is 18.0 Å². The van der Waals surface area contributed by atoms with Crippen molar-refractivity contribution in [3.8, 4) is 11.1 Å². The van der Waals surface area contributed by atoms with Crippen molar-refractivity contribution < 1.29 is 9.18 Å². The summed E-state index contributed by atoms with van der Waals surface area (Å²) in [5.41, 5.74) is 2.85. The Morgan fingerprint density at radius 1 is 1.22 bits per heavy atom. The number of anilines is 1. The lowest BCUT2D eigenvalue weighted by atomic mass is 10.0. The number of hydrogen-bond donors (Lipinski definition) is 1. The van der Waals surface area contributed by atoms with Gasteiger partial charge in [0.2, 0.25) is 5.91 Å². The van der Waals surface area contributed by atoms with Gasteiger partial charge in [0, 0.05) is 25.1 Å². The number of fused-ring (bicyclic) bond motifs is 1. The Bertz CT molecular complexity index is 982. The van der Waals surface area contributed by atoms with Gasteiger partial charge in [0.05, 0.1) is 11.2 Å². The highest BCUT2D eigenvalue weighted by Crippen LogP contribution is 2.28. The second-order valence-electron chi connectivity index (χ2n) is 7.09. The van der Waals surface area contributed by atoms with E-state index in [2.05, 4.69) is 10.3 Å². The molecule has 3 aromatic rings. The van der Waals surface area contributed by atoms with E-state index in [1.165, 1.54) is 11.0 Å². The summed E-state index contributed by atoms with van der Waals surface area (Å²) in [7, 11) is 1.64. The normalized spacial score (nSPS) is 16.6. The fourth-order valence-corrected chi connectivity index (χ4v) is 3.61. The third-order valence-corrected chi connectivity index (χ3v) is 5.25. The molecule has 0 aliphatic carbocycles. The topological polar surface area (TPSA) is 45.2 Å². The first-order valence-corrected chi connectivity index (χ1v) is 9.24. The Morgan fingerprint density at radius 2 is 2.04 bits per heavy atom. The number of hydrogen-bond acceptors (Lipinski definition) is 3. The highest BCUT2D eigenvalue weighted by Gasteiger charge is 2.22. The van der Waals surface area contributed by atoms with Gasteiger partial charge in [-0.05, 0) is 60.8 Å². The standard InChI is InChI=1S/C22H22FN3O/c1-26(22(27)11-15-8-10-24-14-15)21-7-6-17(12-19(21)23)18-5-4-16-3-2-9-25-20(16)13-18/h2-7,9,12-13,15,24H,8,10-11,14H2,1H3/t15-/m0/s1. The van der Waals surface area contributed by atoms with E-state index in [4.69, 9.17) is 0 Å². The second kappa shape index (κ2) is 7.45. The minimum Gasteiger partial charge on any atom is -0.316 e. The Hall–Kier alpha value is -2.79. The molecule has 1 fully saturated rings. The number of pyridine rings is 1. The van der Waals surface area contributed by atoms with Gasteiger partial charge in [-0.2, -0.15) is 0 Å². The van der Waals surface area contributed by atoms with Crippen molar-refractivity contribution in [1.82, 2.24) is 10.3 Å². The smallest absolute Gasteiger partial charge is 0.227 e. The summed E-state index contributed by atoms with van der Waals surface area (Å²) in [6.45, 7) is 1.81. The Labute approximate surface area is 158 Å². The van der Waals surface area contributed by atoms with E-state index in [-0.39, 0.29) is 5.91 Å². The molecule has 0 radical (unpaired) electrons. The van der Waals surface area contributed by atoms with Crippen LogP contribution >= 0.6 is 0 Å². The van der Waals surface area contributed by atoms with Crippen molar-refractivity contribution >= 4 is 22.5 Å². The molecule has 5 heteroatoms. The van der Waals surface area contributed by atoms with Crippen molar-refractivity contribution in [2.75, 3.05) is 25.0 Å². The maximum absolute atomic E-state index is 14.8. The van der Waals surface area contributed by atoms with E-state index in [1.807, 2.05) is 36.4 Å². The molecule has 1 saturated heterocycles. The molecule has 4 rings (SSSR count). The van der Waals surface area contributed by atoms with Gasteiger partial charge in [0.15, 0.2) is 0 Å². The first kappa shape index (κ1) is 17.6. The van der Waals surface area contributed by atoms with Crippen LogP contribution in [-0.4, -0.2) is 31.0 Å². The van der Waals surface area contributed by atoms with Crippen LogP contribution in [0.4, 0.5) is 10.1 Å². The van der Waals surface area contributed by atoms with Crippen molar-refractivity contribution in [2.45, 2.75) is 12.8 Å². The number of halogens is 1. The largest absolute Gasteiger partial charge is 0.316 e. The van der Waals surface area contributed by atoms with Crippen LogP contribution in [0.2, 0.25) is 0 Å². The van der Waals surface area contributed by atoms with Crippen LogP contribution < -0.4 is 10.2 Å². The van der Waals surface area contributed by atoms with Crippen LogP contribution in [0.15, 0.2) is 54.7 Å². The van der Waals surface area contributed by atoms with E-state index in [0.717, 1.165) is 41.5 Å². The summed E-state index contributed by atoms with van der Waals surface area (Å²) < 4.78 is 14.8. The predicted octanol–water partition coefficient (Wildman–Crippen LogP) is 4.00. The van der Waals surface area contributed by atoms with Gasteiger partial charge in [-0.25, -0.2) is 4.39 Å². The third kappa shape index (κ3) is 3.69. The highest BCUT2D eigenvalue weighted by molar-refractivity contribution is 5.93. The number of nitrogens with one attached hydrogen (secondary N) is 1. The number of benzene rings is 2. The van der Waals surface area contributed by atoms with Crippen molar-refractivity contribution in [1.29, 1.82) is 0 Å². The molecule has 1 aromatic heterocycles. The lowest BCUT2D eigenvalue weighted by Crippen LogP contribution is -2.29. The van der Waals surface area contributed by atoms with E-state index in [9.17, 15) is 9.18 Å². The molecule has 1 amide bonds. The number of nitrogens with zero attached hydrogens (tertiary/aromatic N) is 2. The van der Waals surface area contributed by atoms with Gasteiger partial charge in [0.1, 0.15) is 5.82 Å². The number of rotatable bonds is 4. The summed E-state index contributed by atoms with van der Waals surface area (Å²) in [6, 6.07) is 14.8.